The number of nitrogens with zero attached hydrogens (tertiary/aromatic N) is 3. The second-order valence-corrected chi connectivity index (χ2v) is 6.69. The maximum Gasteiger partial charge on any atom is 0.0834 e. The molecule has 0 aromatic carbocycles. The largest absolute Gasteiger partial charge is 0.307 e. The molecule has 1 aromatic heterocycles. The summed E-state index contributed by atoms with van der Waals surface area (Å²) >= 11 is 6.50. The third-order valence-electron chi connectivity index (χ3n) is 4.90. The maximum absolute atomic E-state index is 6.50. The second kappa shape index (κ2) is 7.12. The zero-order valence-corrected chi connectivity index (χ0v) is 14.6. The fraction of sp³-hybridized carbons (Fsp3) is 0.812. The predicted octanol–water partition coefficient (Wildman–Crippen LogP) is 3.47. The van der Waals surface area contributed by atoms with Crippen molar-refractivity contribution in [2.75, 3.05) is 20.6 Å². The fourth-order valence-electron chi connectivity index (χ4n) is 3.72. The van der Waals surface area contributed by atoms with Gasteiger partial charge in [0.25, 0.3) is 0 Å². The highest BCUT2D eigenvalue weighted by Crippen LogP contribution is 2.44. The van der Waals surface area contributed by atoms with E-state index in [4.69, 9.17) is 11.6 Å². The van der Waals surface area contributed by atoms with Crippen molar-refractivity contribution in [3.05, 3.63) is 16.9 Å². The van der Waals surface area contributed by atoms with Crippen LogP contribution in [0.15, 0.2) is 6.20 Å². The van der Waals surface area contributed by atoms with E-state index < -0.39 is 0 Å². The van der Waals surface area contributed by atoms with Gasteiger partial charge in [-0.2, -0.15) is 5.10 Å². The monoisotopic (exact) mass is 312 g/mol. The Balaban J connectivity index is 2.44. The summed E-state index contributed by atoms with van der Waals surface area (Å²) in [5.41, 5.74) is 1.30. The van der Waals surface area contributed by atoms with Crippen molar-refractivity contribution < 1.29 is 0 Å². The van der Waals surface area contributed by atoms with E-state index in [2.05, 4.69) is 47.9 Å². The molecule has 0 radical (unpaired) electrons. The zero-order chi connectivity index (χ0) is 15.5. The van der Waals surface area contributed by atoms with E-state index in [-0.39, 0.29) is 11.6 Å². The van der Waals surface area contributed by atoms with Crippen LogP contribution in [0.25, 0.3) is 0 Å². The first kappa shape index (κ1) is 16.8. The molecule has 1 aliphatic carbocycles. The van der Waals surface area contributed by atoms with Gasteiger partial charge in [0.2, 0.25) is 0 Å². The highest BCUT2D eigenvalue weighted by Gasteiger charge is 2.45. The minimum atomic E-state index is 0.145. The van der Waals surface area contributed by atoms with Crippen molar-refractivity contribution >= 4 is 11.6 Å². The minimum Gasteiger partial charge on any atom is -0.307 e. The molecule has 1 fully saturated rings. The summed E-state index contributed by atoms with van der Waals surface area (Å²) in [6.07, 6.45) is 7.93. The van der Waals surface area contributed by atoms with Crippen LogP contribution in [-0.2, 0) is 6.54 Å². The molecule has 0 spiro atoms. The van der Waals surface area contributed by atoms with Crippen LogP contribution in [0.2, 0.25) is 5.02 Å². The normalized spacial score (nSPS) is 19.3. The van der Waals surface area contributed by atoms with Crippen LogP contribution in [0, 0.1) is 0 Å². The number of nitrogens with one attached hydrogen (secondary N) is 1. The Bertz CT molecular complexity index is 449. The fourth-order valence-corrected chi connectivity index (χ4v) is 3.97. The number of aromatic nitrogens is 2. The summed E-state index contributed by atoms with van der Waals surface area (Å²) in [7, 11) is 4.40. The number of halogens is 1. The van der Waals surface area contributed by atoms with Crippen LogP contribution in [0.4, 0.5) is 0 Å². The van der Waals surface area contributed by atoms with Crippen molar-refractivity contribution in [2.24, 2.45) is 0 Å². The van der Waals surface area contributed by atoms with Crippen LogP contribution in [-0.4, -0.2) is 40.9 Å². The second-order valence-electron chi connectivity index (χ2n) is 6.29. The smallest absolute Gasteiger partial charge is 0.0834 e. The molecule has 1 aromatic rings. The molecule has 4 nitrogen and oxygen atoms in total. The van der Waals surface area contributed by atoms with Crippen molar-refractivity contribution in [1.82, 2.24) is 20.0 Å². The molecule has 1 aliphatic rings. The summed E-state index contributed by atoms with van der Waals surface area (Å²) in [5, 5.41) is 9.01. The van der Waals surface area contributed by atoms with Gasteiger partial charge in [-0.15, -0.1) is 0 Å². The van der Waals surface area contributed by atoms with E-state index in [1.165, 1.54) is 25.7 Å². The molecule has 1 saturated carbocycles. The van der Waals surface area contributed by atoms with Crippen LogP contribution in [0.5, 0.6) is 0 Å². The number of hydrogen-bond donors (Lipinski definition) is 1. The van der Waals surface area contributed by atoms with Crippen LogP contribution < -0.4 is 5.32 Å². The summed E-state index contributed by atoms with van der Waals surface area (Å²) in [6.45, 7) is 6.20. The molecule has 0 saturated heterocycles. The lowest BCUT2D eigenvalue weighted by molar-refractivity contribution is 0.100. The average Bonchev–Trinajstić information content (AvgIpc) is 3.08. The summed E-state index contributed by atoms with van der Waals surface area (Å²) in [5.74, 6) is 0. The SMILES string of the molecule is CCCNC(c1c(Cl)cnn1CC)C1(N(C)C)CCCC1. The van der Waals surface area contributed by atoms with Gasteiger partial charge in [-0.3, -0.25) is 4.68 Å². The molecule has 5 heteroatoms. The van der Waals surface area contributed by atoms with E-state index in [9.17, 15) is 0 Å². The maximum atomic E-state index is 6.50. The molecule has 1 atom stereocenters. The van der Waals surface area contributed by atoms with Gasteiger partial charge in [-0.1, -0.05) is 31.4 Å². The lowest BCUT2D eigenvalue weighted by Gasteiger charge is -2.44. The van der Waals surface area contributed by atoms with Gasteiger partial charge in [-0.05, 0) is 46.8 Å². The molecule has 2 rings (SSSR count). The summed E-state index contributed by atoms with van der Waals surface area (Å²) < 4.78 is 2.05. The molecule has 0 amide bonds. The molecule has 120 valence electrons. The van der Waals surface area contributed by atoms with Crippen molar-refractivity contribution in [3.63, 3.8) is 0 Å². The highest BCUT2D eigenvalue weighted by molar-refractivity contribution is 6.31. The molecule has 1 N–H and O–H groups in total. The Morgan fingerprint density at radius 1 is 1.38 bits per heavy atom. The molecular formula is C16H29ClN4. The lowest BCUT2D eigenvalue weighted by atomic mass is 9.84. The van der Waals surface area contributed by atoms with E-state index in [1.807, 2.05) is 0 Å². The van der Waals surface area contributed by atoms with Gasteiger partial charge in [-0.25, -0.2) is 0 Å². The summed E-state index contributed by atoms with van der Waals surface area (Å²) in [4.78, 5) is 2.40. The van der Waals surface area contributed by atoms with Crippen molar-refractivity contribution in [3.8, 4) is 0 Å². The van der Waals surface area contributed by atoms with Crippen LogP contribution in [0.3, 0.4) is 0 Å². The van der Waals surface area contributed by atoms with Gasteiger partial charge in [0.1, 0.15) is 0 Å². The van der Waals surface area contributed by atoms with E-state index in [0.29, 0.717) is 0 Å². The average molecular weight is 313 g/mol. The lowest BCUT2D eigenvalue weighted by Crippen LogP contribution is -2.52. The summed E-state index contributed by atoms with van der Waals surface area (Å²) in [6, 6.07) is 0.241. The standard InChI is InChI=1S/C16H29ClN4/c1-5-11-18-15(14-13(17)12-19-21(14)6-2)16(20(3)4)9-7-8-10-16/h12,15,18H,5-11H2,1-4H3. The van der Waals surface area contributed by atoms with Crippen molar-refractivity contribution in [2.45, 2.75) is 64.1 Å². The topological polar surface area (TPSA) is 33.1 Å². The molecule has 1 heterocycles. The van der Waals surface area contributed by atoms with Crippen LogP contribution in [0.1, 0.15) is 57.7 Å². The van der Waals surface area contributed by atoms with E-state index in [1.54, 1.807) is 6.20 Å². The Morgan fingerprint density at radius 3 is 2.57 bits per heavy atom. The number of rotatable bonds is 7. The number of likely N-dealkylation sites (N-methyl/N-ethyl adjacent to an activating group) is 1. The first-order valence-electron chi connectivity index (χ1n) is 8.18. The Labute approximate surface area is 133 Å². The van der Waals surface area contributed by atoms with Gasteiger partial charge < -0.3 is 10.2 Å². The molecular weight excluding hydrogens is 284 g/mol. The quantitative estimate of drug-likeness (QED) is 0.837. The van der Waals surface area contributed by atoms with Gasteiger partial charge in [0, 0.05) is 12.1 Å². The molecule has 1 unspecified atom stereocenters. The van der Waals surface area contributed by atoms with E-state index >= 15 is 0 Å². The Hall–Kier alpha value is -0.580. The van der Waals surface area contributed by atoms with Gasteiger partial charge in [0.05, 0.1) is 23.0 Å². The third kappa shape index (κ3) is 3.13. The predicted molar refractivity (Wildman–Crippen MR) is 88.8 cm³/mol. The molecule has 21 heavy (non-hydrogen) atoms. The Morgan fingerprint density at radius 2 is 2.05 bits per heavy atom. The minimum absolute atomic E-state index is 0.145. The van der Waals surface area contributed by atoms with Gasteiger partial charge in [0.15, 0.2) is 0 Å². The molecule has 0 bridgehead atoms. The van der Waals surface area contributed by atoms with E-state index in [0.717, 1.165) is 30.2 Å². The first-order valence-corrected chi connectivity index (χ1v) is 8.56. The van der Waals surface area contributed by atoms with Crippen LogP contribution >= 0.6 is 11.6 Å². The highest BCUT2D eigenvalue weighted by atomic mass is 35.5. The number of hydrogen-bond acceptors (Lipinski definition) is 3. The first-order chi connectivity index (χ1) is 10.1. The molecule has 0 aliphatic heterocycles. The zero-order valence-electron chi connectivity index (χ0n) is 13.8. The third-order valence-corrected chi connectivity index (χ3v) is 5.19. The van der Waals surface area contributed by atoms with Crippen molar-refractivity contribution in [1.29, 1.82) is 0 Å². The number of aryl methyl sites for hydroxylation is 1. The van der Waals surface area contributed by atoms with Gasteiger partial charge >= 0.3 is 0 Å². The Kier molecular flexibility index (Phi) is 5.69.